The third-order valence-corrected chi connectivity index (χ3v) is 1.45. The predicted molar refractivity (Wildman–Crippen MR) is 41.3 cm³/mol. The molecule has 0 bridgehead atoms. The molecular weight excluding hydrogens is 181 g/mol. The molecule has 0 amide bonds. The van der Waals surface area contributed by atoms with Gasteiger partial charge in [-0.25, -0.2) is 4.39 Å². The minimum Gasteiger partial charge on any atom is -0.505 e. The van der Waals surface area contributed by atoms with Crippen LogP contribution in [0.3, 0.4) is 0 Å². The van der Waals surface area contributed by atoms with Gasteiger partial charge in [0, 0.05) is 6.07 Å². The number of phenolic OH excluding ortho intramolecular Hbond substituents is 1. The Bertz CT molecular complexity index is 353. The van der Waals surface area contributed by atoms with E-state index in [1.54, 1.807) is 0 Å². The van der Waals surface area contributed by atoms with E-state index < -0.39 is 22.2 Å². The van der Waals surface area contributed by atoms with Gasteiger partial charge in [0.05, 0.1) is 18.1 Å². The summed E-state index contributed by atoms with van der Waals surface area (Å²) in [6, 6.07) is 1.46. The fraction of sp³-hybridized carbons (Fsp3) is 0.143. The Labute approximate surface area is 72.5 Å². The Hall–Kier alpha value is -1.85. The Balaban J connectivity index is 3.33. The number of halogens is 1. The summed E-state index contributed by atoms with van der Waals surface area (Å²) in [5.41, 5.74) is -0.516. The Morgan fingerprint density at radius 1 is 1.62 bits per heavy atom. The van der Waals surface area contributed by atoms with Crippen LogP contribution in [-0.2, 0) is 0 Å². The van der Waals surface area contributed by atoms with E-state index >= 15 is 0 Å². The van der Waals surface area contributed by atoms with Gasteiger partial charge in [0.2, 0.25) is 5.75 Å². The van der Waals surface area contributed by atoms with E-state index in [9.17, 15) is 14.5 Å². The average Bonchev–Trinajstić information content (AvgIpc) is 2.08. The van der Waals surface area contributed by atoms with Crippen LogP contribution in [0, 0.1) is 15.9 Å². The maximum atomic E-state index is 12.6. The molecule has 6 heteroatoms. The second kappa shape index (κ2) is 3.26. The maximum absolute atomic E-state index is 12.6. The van der Waals surface area contributed by atoms with Crippen LogP contribution in [0.1, 0.15) is 0 Å². The Morgan fingerprint density at radius 2 is 2.23 bits per heavy atom. The smallest absolute Gasteiger partial charge is 0.314 e. The average molecular weight is 187 g/mol. The van der Waals surface area contributed by atoms with Gasteiger partial charge in [-0.05, 0) is 0 Å². The largest absolute Gasteiger partial charge is 0.505 e. The summed E-state index contributed by atoms with van der Waals surface area (Å²) in [7, 11) is 1.19. The zero-order valence-electron chi connectivity index (χ0n) is 6.65. The highest BCUT2D eigenvalue weighted by atomic mass is 19.1. The summed E-state index contributed by atoms with van der Waals surface area (Å²) in [6.45, 7) is 0. The number of nitro benzene ring substituents is 1. The number of hydrogen-bond donors (Lipinski definition) is 1. The molecule has 70 valence electrons. The summed E-state index contributed by atoms with van der Waals surface area (Å²) in [5.74, 6) is -1.90. The van der Waals surface area contributed by atoms with Crippen molar-refractivity contribution in [3.05, 3.63) is 28.1 Å². The highest BCUT2D eigenvalue weighted by molar-refractivity contribution is 5.50. The van der Waals surface area contributed by atoms with Crippen molar-refractivity contribution in [2.24, 2.45) is 0 Å². The van der Waals surface area contributed by atoms with Crippen LogP contribution in [0.2, 0.25) is 0 Å². The van der Waals surface area contributed by atoms with Crippen molar-refractivity contribution in [3.63, 3.8) is 0 Å². The van der Waals surface area contributed by atoms with E-state index in [-0.39, 0.29) is 5.75 Å². The monoisotopic (exact) mass is 187 g/mol. The van der Waals surface area contributed by atoms with E-state index in [2.05, 4.69) is 4.74 Å². The lowest BCUT2D eigenvalue weighted by molar-refractivity contribution is -0.386. The van der Waals surface area contributed by atoms with Gasteiger partial charge in [-0.3, -0.25) is 10.1 Å². The molecule has 1 N–H and O–H groups in total. The number of nitro groups is 1. The van der Waals surface area contributed by atoms with Crippen molar-refractivity contribution in [2.45, 2.75) is 0 Å². The van der Waals surface area contributed by atoms with Crippen LogP contribution >= 0.6 is 0 Å². The Morgan fingerprint density at radius 3 is 2.69 bits per heavy atom. The molecule has 1 rings (SSSR count). The number of hydrogen-bond acceptors (Lipinski definition) is 4. The van der Waals surface area contributed by atoms with Crippen LogP contribution in [-0.4, -0.2) is 17.1 Å². The molecular formula is C7H6FNO4. The molecule has 5 nitrogen and oxygen atoms in total. The summed E-state index contributed by atoms with van der Waals surface area (Å²) < 4.78 is 17.2. The van der Waals surface area contributed by atoms with Crippen molar-refractivity contribution in [1.29, 1.82) is 0 Å². The van der Waals surface area contributed by atoms with Crippen LogP contribution in [0.25, 0.3) is 0 Å². The van der Waals surface area contributed by atoms with E-state index in [0.29, 0.717) is 6.07 Å². The summed E-state index contributed by atoms with van der Waals surface area (Å²) in [4.78, 5) is 9.53. The topological polar surface area (TPSA) is 72.6 Å². The molecule has 1 aromatic rings. The number of ether oxygens (including phenoxy) is 1. The van der Waals surface area contributed by atoms with Crippen molar-refractivity contribution in [2.75, 3.05) is 7.11 Å². The van der Waals surface area contributed by atoms with Crippen LogP contribution in [0.15, 0.2) is 12.1 Å². The first-order valence-corrected chi connectivity index (χ1v) is 3.27. The third kappa shape index (κ3) is 1.66. The van der Waals surface area contributed by atoms with Gasteiger partial charge in [-0.1, -0.05) is 0 Å². The Kier molecular flexibility index (Phi) is 2.32. The summed E-state index contributed by atoms with van der Waals surface area (Å²) in [6.07, 6.45) is 0. The molecule has 0 aromatic heterocycles. The molecule has 0 atom stereocenters. The van der Waals surface area contributed by atoms with Gasteiger partial charge in [-0.2, -0.15) is 0 Å². The first-order chi connectivity index (χ1) is 6.06. The summed E-state index contributed by atoms with van der Waals surface area (Å²) >= 11 is 0. The first kappa shape index (κ1) is 9.24. The van der Waals surface area contributed by atoms with Crippen molar-refractivity contribution in [3.8, 4) is 11.5 Å². The van der Waals surface area contributed by atoms with Crippen LogP contribution in [0.4, 0.5) is 10.1 Å². The van der Waals surface area contributed by atoms with E-state index in [4.69, 9.17) is 5.11 Å². The van der Waals surface area contributed by atoms with E-state index in [1.165, 1.54) is 7.11 Å². The normalized spacial score (nSPS) is 9.69. The predicted octanol–water partition coefficient (Wildman–Crippen LogP) is 1.45. The van der Waals surface area contributed by atoms with Gasteiger partial charge in [0.25, 0.3) is 0 Å². The number of nitrogens with zero attached hydrogens (tertiary/aromatic N) is 1. The lowest BCUT2D eigenvalue weighted by atomic mass is 10.2. The van der Waals surface area contributed by atoms with Gasteiger partial charge < -0.3 is 9.84 Å². The molecule has 0 aliphatic rings. The molecule has 0 spiro atoms. The van der Waals surface area contributed by atoms with Gasteiger partial charge >= 0.3 is 5.69 Å². The molecule has 0 aliphatic carbocycles. The third-order valence-electron chi connectivity index (χ3n) is 1.45. The maximum Gasteiger partial charge on any atom is 0.314 e. The molecule has 0 fully saturated rings. The quantitative estimate of drug-likeness (QED) is 0.561. The highest BCUT2D eigenvalue weighted by Crippen LogP contribution is 2.32. The number of benzene rings is 1. The zero-order valence-corrected chi connectivity index (χ0v) is 6.65. The second-order valence-electron chi connectivity index (χ2n) is 2.23. The first-order valence-electron chi connectivity index (χ1n) is 3.27. The second-order valence-corrected chi connectivity index (χ2v) is 2.23. The van der Waals surface area contributed by atoms with Crippen molar-refractivity contribution >= 4 is 5.69 Å². The number of rotatable bonds is 2. The SMILES string of the molecule is COc1cc(O)c(F)cc1[N+](=O)[O-]. The molecule has 0 saturated carbocycles. The lowest BCUT2D eigenvalue weighted by Crippen LogP contribution is -1.94. The molecule has 0 unspecified atom stereocenters. The molecule has 0 heterocycles. The lowest BCUT2D eigenvalue weighted by Gasteiger charge is -2.02. The molecule has 0 radical (unpaired) electrons. The number of methoxy groups -OCH3 is 1. The highest BCUT2D eigenvalue weighted by Gasteiger charge is 2.18. The fourth-order valence-electron chi connectivity index (χ4n) is 0.838. The van der Waals surface area contributed by atoms with Gasteiger partial charge in [0.1, 0.15) is 0 Å². The number of aromatic hydroxyl groups is 1. The van der Waals surface area contributed by atoms with Crippen molar-refractivity contribution in [1.82, 2.24) is 0 Å². The minimum absolute atomic E-state index is 0.177. The molecule has 0 aliphatic heterocycles. The zero-order chi connectivity index (χ0) is 10.0. The van der Waals surface area contributed by atoms with E-state index in [1.807, 2.05) is 0 Å². The van der Waals surface area contributed by atoms with Gasteiger partial charge in [-0.15, -0.1) is 0 Å². The molecule has 13 heavy (non-hydrogen) atoms. The number of phenols is 1. The van der Waals surface area contributed by atoms with Crippen LogP contribution in [0.5, 0.6) is 11.5 Å². The standard InChI is InChI=1S/C7H6FNO4/c1-13-7-3-6(10)4(8)2-5(7)9(11)12/h2-3,10H,1H3. The van der Waals surface area contributed by atoms with Crippen molar-refractivity contribution < 1.29 is 19.2 Å². The van der Waals surface area contributed by atoms with Crippen LogP contribution < -0.4 is 4.74 Å². The van der Waals surface area contributed by atoms with Gasteiger partial charge in [0.15, 0.2) is 11.6 Å². The molecule has 1 aromatic carbocycles. The minimum atomic E-state index is -1.05. The van der Waals surface area contributed by atoms with E-state index in [0.717, 1.165) is 6.07 Å². The summed E-state index contributed by atoms with van der Waals surface area (Å²) in [5, 5.41) is 19.2. The fourth-order valence-corrected chi connectivity index (χ4v) is 0.838. The molecule has 0 saturated heterocycles.